The number of methoxy groups -OCH3 is 1. The molecule has 1 saturated heterocycles. The number of para-hydroxylation sites is 1. The number of carbonyl (C=O) groups excluding carboxylic acids is 1. The van der Waals surface area contributed by atoms with Gasteiger partial charge in [-0.1, -0.05) is 42.2 Å². The van der Waals surface area contributed by atoms with Gasteiger partial charge in [-0.2, -0.15) is 0 Å². The normalized spacial score (nSPS) is 14.5. The van der Waals surface area contributed by atoms with Crippen molar-refractivity contribution in [3.05, 3.63) is 79.8 Å². The molecule has 0 saturated carbocycles. The molecule has 1 heterocycles. The van der Waals surface area contributed by atoms with Crippen LogP contribution < -0.4 is 9.47 Å². The lowest BCUT2D eigenvalue weighted by molar-refractivity contribution is -0.394. The molecule has 3 rings (SSSR count). The van der Waals surface area contributed by atoms with Gasteiger partial charge in [-0.15, -0.1) is 6.58 Å². The van der Waals surface area contributed by atoms with E-state index in [9.17, 15) is 25.0 Å². The molecule has 1 aliphatic rings. The Bertz CT molecular complexity index is 1180. The van der Waals surface area contributed by atoms with Crippen LogP contribution in [0.25, 0.3) is 6.08 Å². The van der Waals surface area contributed by atoms with E-state index in [0.717, 1.165) is 30.0 Å². The first-order chi connectivity index (χ1) is 15.3. The van der Waals surface area contributed by atoms with Gasteiger partial charge in [0.25, 0.3) is 11.6 Å². The Morgan fingerprint density at radius 2 is 1.94 bits per heavy atom. The zero-order valence-corrected chi connectivity index (χ0v) is 18.2. The Morgan fingerprint density at radius 3 is 2.56 bits per heavy atom. The Labute approximate surface area is 191 Å². The van der Waals surface area contributed by atoms with E-state index in [-0.39, 0.29) is 29.7 Å². The second-order valence-electron chi connectivity index (χ2n) is 6.23. The molecule has 0 spiro atoms. The standard InChI is InChI=1S/C20H15N3O7S2/c1-3-9-21-19(24)17(32-20(21)31)10-12-5-4-6-16(29-2)18(12)30-15-8-7-13(22(25)26)11-14(15)23(27)28/h3-8,10-11H,1,9H2,2H3/b17-10-. The van der Waals surface area contributed by atoms with E-state index in [1.807, 2.05) is 0 Å². The van der Waals surface area contributed by atoms with Crippen LogP contribution in [0.4, 0.5) is 11.4 Å². The van der Waals surface area contributed by atoms with E-state index in [1.54, 1.807) is 24.3 Å². The van der Waals surface area contributed by atoms with Crippen molar-refractivity contribution in [2.45, 2.75) is 0 Å². The van der Waals surface area contributed by atoms with Gasteiger partial charge in [-0.05, 0) is 18.2 Å². The summed E-state index contributed by atoms with van der Waals surface area (Å²) in [6.45, 7) is 3.87. The van der Waals surface area contributed by atoms with Crippen molar-refractivity contribution in [1.82, 2.24) is 4.90 Å². The number of ether oxygens (including phenoxy) is 2. The molecular weight excluding hydrogens is 458 g/mol. The van der Waals surface area contributed by atoms with Gasteiger partial charge in [0.15, 0.2) is 11.5 Å². The largest absolute Gasteiger partial charge is 0.493 e. The van der Waals surface area contributed by atoms with Crippen molar-refractivity contribution in [3.8, 4) is 17.2 Å². The van der Waals surface area contributed by atoms with Gasteiger partial charge in [0.1, 0.15) is 4.32 Å². The lowest BCUT2D eigenvalue weighted by atomic mass is 10.1. The number of thioether (sulfide) groups is 1. The fraction of sp³-hybridized carbons (Fsp3) is 0.100. The lowest BCUT2D eigenvalue weighted by Crippen LogP contribution is -2.27. The van der Waals surface area contributed by atoms with Crippen molar-refractivity contribution in [3.63, 3.8) is 0 Å². The highest BCUT2D eigenvalue weighted by molar-refractivity contribution is 8.26. The minimum Gasteiger partial charge on any atom is -0.493 e. The van der Waals surface area contributed by atoms with Crippen LogP contribution in [0, 0.1) is 20.2 Å². The molecule has 0 atom stereocenters. The second kappa shape index (κ2) is 9.58. The highest BCUT2D eigenvalue weighted by atomic mass is 32.2. The number of nitrogens with zero attached hydrogens (tertiary/aromatic N) is 3. The van der Waals surface area contributed by atoms with Crippen LogP contribution >= 0.6 is 24.0 Å². The molecular formula is C20H15N3O7S2. The summed E-state index contributed by atoms with van der Waals surface area (Å²) < 4.78 is 11.5. The highest BCUT2D eigenvalue weighted by Gasteiger charge is 2.31. The minimum atomic E-state index is -0.780. The third kappa shape index (κ3) is 4.60. The summed E-state index contributed by atoms with van der Waals surface area (Å²) >= 11 is 6.34. The van der Waals surface area contributed by atoms with E-state index in [0.29, 0.717) is 14.8 Å². The number of hydrogen-bond donors (Lipinski definition) is 0. The molecule has 0 radical (unpaired) electrons. The smallest absolute Gasteiger partial charge is 0.318 e. The monoisotopic (exact) mass is 473 g/mol. The summed E-state index contributed by atoms with van der Waals surface area (Å²) in [5.41, 5.74) is -0.639. The fourth-order valence-electron chi connectivity index (χ4n) is 2.80. The van der Waals surface area contributed by atoms with Crippen LogP contribution in [-0.2, 0) is 4.79 Å². The van der Waals surface area contributed by atoms with Crippen LogP contribution in [0.3, 0.4) is 0 Å². The Balaban J connectivity index is 2.07. The highest BCUT2D eigenvalue weighted by Crippen LogP contribution is 2.42. The first-order valence-electron chi connectivity index (χ1n) is 8.90. The average Bonchev–Trinajstić information content (AvgIpc) is 3.02. The van der Waals surface area contributed by atoms with Crippen LogP contribution in [0.1, 0.15) is 5.56 Å². The maximum Gasteiger partial charge on any atom is 0.318 e. The molecule has 0 N–H and O–H groups in total. The van der Waals surface area contributed by atoms with Crippen LogP contribution in [-0.4, -0.2) is 38.6 Å². The van der Waals surface area contributed by atoms with E-state index >= 15 is 0 Å². The minimum absolute atomic E-state index is 0.0981. The van der Waals surface area contributed by atoms with Gasteiger partial charge in [0.05, 0.1) is 27.9 Å². The molecule has 164 valence electrons. The fourth-order valence-corrected chi connectivity index (χ4v) is 4.07. The molecule has 0 bridgehead atoms. The number of non-ortho nitro benzene ring substituents is 1. The van der Waals surface area contributed by atoms with Gasteiger partial charge in [0.2, 0.25) is 5.75 Å². The summed E-state index contributed by atoms with van der Waals surface area (Å²) in [6, 6.07) is 7.91. The Morgan fingerprint density at radius 1 is 1.19 bits per heavy atom. The first-order valence-corrected chi connectivity index (χ1v) is 10.1. The third-order valence-electron chi connectivity index (χ3n) is 4.26. The van der Waals surface area contributed by atoms with E-state index in [4.69, 9.17) is 21.7 Å². The molecule has 2 aromatic carbocycles. The van der Waals surface area contributed by atoms with Crippen molar-refractivity contribution >= 4 is 51.7 Å². The molecule has 10 nitrogen and oxygen atoms in total. The topological polar surface area (TPSA) is 125 Å². The van der Waals surface area contributed by atoms with Crippen LogP contribution in [0.5, 0.6) is 17.2 Å². The maximum atomic E-state index is 12.7. The van der Waals surface area contributed by atoms with Gasteiger partial charge in [-0.25, -0.2) is 0 Å². The molecule has 1 fully saturated rings. The number of benzene rings is 2. The van der Waals surface area contributed by atoms with Crippen LogP contribution in [0.15, 0.2) is 54.0 Å². The predicted molar refractivity (Wildman–Crippen MR) is 123 cm³/mol. The van der Waals surface area contributed by atoms with Crippen molar-refractivity contribution in [2.75, 3.05) is 13.7 Å². The third-order valence-corrected chi connectivity index (χ3v) is 5.64. The average molecular weight is 473 g/mol. The number of amides is 1. The van der Waals surface area contributed by atoms with Gasteiger partial charge in [-0.3, -0.25) is 29.9 Å². The summed E-state index contributed by atoms with van der Waals surface area (Å²) in [6.07, 6.45) is 3.10. The van der Waals surface area contributed by atoms with E-state index in [2.05, 4.69) is 6.58 Å². The van der Waals surface area contributed by atoms with Crippen LogP contribution in [0.2, 0.25) is 0 Å². The number of thiocarbonyl (C=S) groups is 1. The zero-order chi connectivity index (χ0) is 23.4. The Kier molecular flexibility index (Phi) is 6.85. The molecule has 12 heteroatoms. The predicted octanol–water partition coefficient (Wildman–Crippen LogP) is 4.69. The summed E-state index contributed by atoms with van der Waals surface area (Å²) in [5.74, 6) is -0.192. The van der Waals surface area contributed by atoms with Crippen molar-refractivity contribution in [2.24, 2.45) is 0 Å². The number of carbonyl (C=O) groups is 1. The van der Waals surface area contributed by atoms with E-state index < -0.39 is 21.2 Å². The summed E-state index contributed by atoms with van der Waals surface area (Å²) in [7, 11) is 1.39. The lowest BCUT2D eigenvalue weighted by Gasteiger charge is -2.13. The van der Waals surface area contributed by atoms with E-state index in [1.165, 1.54) is 18.1 Å². The van der Waals surface area contributed by atoms with Gasteiger partial charge in [0, 0.05) is 18.2 Å². The molecule has 2 aromatic rings. The number of hydrogen-bond acceptors (Lipinski definition) is 9. The first kappa shape index (κ1) is 22.9. The van der Waals surface area contributed by atoms with Crippen molar-refractivity contribution in [1.29, 1.82) is 0 Å². The number of nitro groups is 2. The SMILES string of the molecule is C=CCN1C(=O)/C(=C/c2cccc(OC)c2Oc2ccc([N+](=O)[O-])cc2[N+](=O)[O-])SC1=S. The zero-order valence-electron chi connectivity index (χ0n) is 16.5. The van der Waals surface area contributed by atoms with Gasteiger partial charge < -0.3 is 9.47 Å². The van der Waals surface area contributed by atoms with Gasteiger partial charge >= 0.3 is 5.69 Å². The molecule has 0 aromatic heterocycles. The molecule has 1 aliphatic heterocycles. The second-order valence-corrected chi connectivity index (χ2v) is 7.90. The summed E-state index contributed by atoms with van der Waals surface area (Å²) in [5, 5.41) is 22.4. The molecule has 1 amide bonds. The number of rotatable bonds is 8. The number of nitro benzene ring substituents is 2. The molecule has 0 unspecified atom stereocenters. The molecule has 0 aliphatic carbocycles. The maximum absolute atomic E-state index is 12.7. The Hall–Kier alpha value is -3.77. The summed E-state index contributed by atoms with van der Waals surface area (Å²) in [4.78, 5) is 35.3. The quantitative estimate of drug-likeness (QED) is 0.176. The van der Waals surface area contributed by atoms with Crippen molar-refractivity contribution < 1.29 is 24.1 Å². The molecule has 32 heavy (non-hydrogen) atoms.